The largest absolute Gasteiger partial charge is 0.494 e. The van der Waals surface area contributed by atoms with Crippen LogP contribution in [-0.2, 0) is 14.0 Å². The maximum Gasteiger partial charge on any atom is 0.494 e. The Morgan fingerprint density at radius 2 is 1.78 bits per heavy atom. The summed E-state index contributed by atoms with van der Waals surface area (Å²) in [6, 6.07) is 4.98. The molecule has 0 bridgehead atoms. The average Bonchev–Trinajstić information content (AvgIpc) is 2.71. The van der Waals surface area contributed by atoms with Crippen LogP contribution >= 0.6 is 0 Å². The van der Waals surface area contributed by atoms with Gasteiger partial charge < -0.3 is 19.4 Å². The minimum absolute atomic E-state index is 0.204. The van der Waals surface area contributed by atoms with E-state index >= 15 is 0 Å². The maximum absolute atomic E-state index is 14.7. The number of hydrogen-bond donors (Lipinski definition) is 1. The molecule has 0 aromatic heterocycles. The molecule has 27 heavy (non-hydrogen) atoms. The summed E-state index contributed by atoms with van der Waals surface area (Å²) < 4.78 is 31.8. The van der Waals surface area contributed by atoms with Crippen molar-refractivity contribution in [3.05, 3.63) is 29.6 Å². The first kappa shape index (κ1) is 21.7. The van der Waals surface area contributed by atoms with Crippen LogP contribution in [0.1, 0.15) is 66.9 Å². The van der Waals surface area contributed by atoms with Gasteiger partial charge in [-0.15, -0.1) is 0 Å². The van der Waals surface area contributed by atoms with Crippen LogP contribution in [0, 0.1) is 5.82 Å². The molecule has 1 aromatic carbocycles. The number of ether oxygens (including phenoxy) is 1. The van der Waals surface area contributed by atoms with E-state index in [4.69, 9.17) is 14.0 Å². The van der Waals surface area contributed by atoms with Gasteiger partial charge in [0.15, 0.2) is 0 Å². The summed E-state index contributed by atoms with van der Waals surface area (Å²) in [4.78, 5) is 11.8. The predicted octanol–water partition coefficient (Wildman–Crippen LogP) is 3.75. The molecule has 2 rings (SSSR count). The molecular weight excluding hydrogens is 348 g/mol. The topological polar surface area (TPSA) is 56.8 Å². The number of halogens is 1. The van der Waals surface area contributed by atoms with Crippen molar-refractivity contribution in [3.8, 4) is 0 Å². The zero-order valence-corrected chi connectivity index (χ0v) is 17.6. The number of amides is 1. The smallest absolute Gasteiger partial charge is 0.444 e. The Labute approximate surface area is 162 Å². The maximum atomic E-state index is 14.7. The highest BCUT2D eigenvalue weighted by Crippen LogP contribution is 2.36. The lowest BCUT2D eigenvalue weighted by Crippen LogP contribution is -2.41. The van der Waals surface area contributed by atoms with Gasteiger partial charge in [0.2, 0.25) is 0 Å². The normalized spacial score (nSPS) is 19.7. The molecule has 0 aliphatic carbocycles. The molecule has 1 aliphatic heterocycles. The summed E-state index contributed by atoms with van der Waals surface area (Å²) in [5, 5.41) is 2.68. The van der Waals surface area contributed by atoms with Gasteiger partial charge in [-0.25, -0.2) is 9.18 Å². The summed E-state index contributed by atoms with van der Waals surface area (Å²) in [6.07, 6.45) is -0.511. The molecule has 7 heteroatoms. The molecule has 0 spiro atoms. The van der Waals surface area contributed by atoms with E-state index in [9.17, 15) is 9.18 Å². The number of nitrogens with one attached hydrogen (secondary N) is 1. The van der Waals surface area contributed by atoms with Gasteiger partial charge in [0.05, 0.1) is 11.2 Å². The zero-order valence-electron chi connectivity index (χ0n) is 17.6. The summed E-state index contributed by atoms with van der Waals surface area (Å²) in [5.74, 6) is -0.550. The lowest BCUT2D eigenvalue weighted by Gasteiger charge is -2.32. The Morgan fingerprint density at radius 3 is 2.26 bits per heavy atom. The van der Waals surface area contributed by atoms with Crippen molar-refractivity contribution in [2.45, 2.75) is 78.1 Å². The Morgan fingerprint density at radius 1 is 1.22 bits per heavy atom. The van der Waals surface area contributed by atoms with E-state index in [1.54, 1.807) is 26.8 Å². The molecule has 1 saturated heterocycles. The second-order valence-electron chi connectivity index (χ2n) is 9.15. The fraction of sp³-hybridized carbons (Fsp3) is 0.650. The van der Waals surface area contributed by atoms with Gasteiger partial charge in [-0.3, -0.25) is 0 Å². The molecule has 5 nitrogen and oxygen atoms in total. The van der Waals surface area contributed by atoms with Crippen LogP contribution < -0.4 is 10.8 Å². The molecule has 0 unspecified atom stereocenters. The van der Waals surface area contributed by atoms with Crippen molar-refractivity contribution in [2.75, 3.05) is 6.54 Å². The zero-order chi connectivity index (χ0) is 20.6. The van der Waals surface area contributed by atoms with Crippen molar-refractivity contribution in [2.24, 2.45) is 0 Å². The third-order valence-corrected chi connectivity index (χ3v) is 5.03. The first-order valence-corrected chi connectivity index (χ1v) is 9.34. The van der Waals surface area contributed by atoms with E-state index in [1.165, 1.54) is 6.07 Å². The van der Waals surface area contributed by atoms with E-state index in [2.05, 4.69) is 5.32 Å². The van der Waals surface area contributed by atoms with Gasteiger partial charge in [0.25, 0.3) is 0 Å². The number of carbonyl (C=O) groups is 1. The van der Waals surface area contributed by atoms with Crippen LogP contribution in [0.25, 0.3) is 0 Å². The number of rotatable bonds is 4. The fourth-order valence-corrected chi connectivity index (χ4v) is 2.73. The minimum atomic E-state index is -0.603. The van der Waals surface area contributed by atoms with Crippen molar-refractivity contribution < 1.29 is 23.2 Å². The van der Waals surface area contributed by atoms with Gasteiger partial charge in [0, 0.05) is 12.5 Å². The van der Waals surface area contributed by atoms with E-state index < -0.39 is 30.0 Å². The second kappa shape index (κ2) is 7.43. The average molecular weight is 379 g/mol. The molecule has 1 atom stereocenters. The Kier molecular flexibility index (Phi) is 5.98. The molecule has 0 saturated carbocycles. The lowest BCUT2D eigenvalue weighted by atomic mass is 9.78. The minimum Gasteiger partial charge on any atom is -0.444 e. The van der Waals surface area contributed by atoms with Crippen LogP contribution in [0.15, 0.2) is 18.2 Å². The van der Waals surface area contributed by atoms with E-state index in [1.807, 2.05) is 40.7 Å². The number of carbonyl (C=O) groups excluding carboxylic acids is 1. The highest BCUT2D eigenvalue weighted by molar-refractivity contribution is 6.62. The number of hydrogen-bond acceptors (Lipinski definition) is 4. The van der Waals surface area contributed by atoms with Crippen LogP contribution in [0.4, 0.5) is 9.18 Å². The van der Waals surface area contributed by atoms with Crippen molar-refractivity contribution in [3.63, 3.8) is 0 Å². The summed E-state index contributed by atoms with van der Waals surface area (Å²) >= 11 is 0. The van der Waals surface area contributed by atoms with Gasteiger partial charge >= 0.3 is 13.2 Å². The monoisotopic (exact) mass is 379 g/mol. The van der Waals surface area contributed by atoms with E-state index in [0.29, 0.717) is 11.0 Å². The number of alkyl carbamates (subject to hydrolysis) is 1. The Bertz CT molecular complexity index is 684. The molecular formula is C20H31BFNO4. The Balaban J connectivity index is 2.03. The van der Waals surface area contributed by atoms with Crippen LogP contribution in [0.2, 0.25) is 0 Å². The SMILES string of the molecule is C[C@@H](CNC(=O)OC(C)(C)C)c1ccc(B2OC(C)(C)C(C)(C)O2)cc1F. The van der Waals surface area contributed by atoms with Crippen molar-refractivity contribution >= 4 is 18.7 Å². The van der Waals surface area contributed by atoms with Crippen molar-refractivity contribution in [1.82, 2.24) is 5.32 Å². The first-order chi connectivity index (χ1) is 12.2. The fourth-order valence-electron chi connectivity index (χ4n) is 2.73. The van der Waals surface area contributed by atoms with Gasteiger partial charge in [-0.1, -0.05) is 19.1 Å². The van der Waals surface area contributed by atoms with Gasteiger partial charge in [0.1, 0.15) is 11.4 Å². The molecule has 1 aliphatic rings. The van der Waals surface area contributed by atoms with Crippen LogP contribution in [-0.4, -0.2) is 36.6 Å². The molecule has 1 N–H and O–H groups in total. The molecule has 1 fully saturated rings. The van der Waals surface area contributed by atoms with Crippen LogP contribution in [0.5, 0.6) is 0 Å². The number of benzene rings is 1. The quantitative estimate of drug-likeness (QED) is 0.810. The summed E-state index contributed by atoms with van der Waals surface area (Å²) in [7, 11) is -0.603. The van der Waals surface area contributed by atoms with E-state index in [0.717, 1.165) is 0 Å². The van der Waals surface area contributed by atoms with E-state index in [-0.39, 0.29) is 18.3 Å². The van der Waals surface area contributed by atoms with Crippen LogP contribution in [0.3, 0.4) is 0 Å². The second-order valence-corrected chi connectivity index (χ2v) is 9.15. The highest BCUT2D eigenvalue weighted by atomic mass is 19.1. The highest BCUT2D eigenvalue weighted by Gasteiger charge is 2.51. The van der Waals surface area contributed by atoms with Gasteiger partial charge in [-0.2, -0.15) is 0 Å². The molecule has 1 aromatic rings. The standard InChI is InChI=1S/C20H31BFNO4/c1-13(12-23-17(24)25-18(2,3)4)15-10-9-14(11-16(15)22)21-26-19(5,6)20(7,8)27-21/h9-11,13H,12H2,1-8H3,(H,23,24)/t13-/m0/s1. The van der Waals surface area contributed by atoms with Gasteiger partial charge in [-0.05, 0) is 65.6 Å². The first-order valence-electron chi connectivity index (χ1n) is 9.34. The third-order valence-electron chi connectivity index (χ3n) is 5.03. The summed E-state index contributed by atoms with van der Waals surface area (Å²) in [5.41, 5.74) is -0.355. The molecule has 1 heterocycles. The molecule has 1 amide bonds. The lowest BCUT2D eigenvalue weighted by molar-refractivity contribution is 0.00578. The Hall–Kier alpha value is -1.60. The summed E-state index contributed by atoms with van der Waals surface area (Å²) in [6.45, 7) is 15.4. The predicted molar refractivity (Wildman–Crippen MR) is 105 cm³/mol. The molecule has 150 valence electrons. The third kappa shape index (κ3) is 5.23. The van der Waals surface area contributed by atoms with Crippen molar-refractivity contribution in [1.29, 1.82) is 0 Å². The molecule has 0 radical (unpaired) electrons.